The van der Waals surface area contributed by atoms with Crippen molar-refractivity contribution in [1.82, 2.24) is 10.3 Å². The van der Waals surface area contributed by atoms with E-state index in [-0.39, 0.29) is 22.7 Å². The van der Waals surface area contributed by atoms with Gasteiger partial charge in [-0.2, -0.15) is 0 Å². The predicted molar refractivity (Wildman–Crippen MR) is 160 cm³/mol. The fourth-order valence-corrected chi connectivity index (χ4v) is 13.0. The predicted octanol–water partition coefficient (Wildman–Crippen LogP) is 6.06. The molecule has 0 spiro atoms. The van der Waals surface area contributed by atoms with Gasteiger partial charge >= 0.3 is 6.09 Å². The smallest absolute Gasteiger partial charge is 0.410 e. The number of amidine groups is 1. The molecule has 2 aliphatic rings. The molecule has 2 N–H and O–H groups in total. The molecule has 1 amide bonds. The van der Waals surface area contributed by atoms with Gasteiger partial charge in [-0.05, 0) is 66.2 Å². The van der Waals surface area contributed by atoms with Crippen molar-refractivity contribution in [3.8, 4) is 0 Å². The fourth-order valence-electron chi connectivity index (χ4n) is 5.05. The summed E-state index contributed by atoms with van der Waals surface area (Å²) in [5.74, 6) is -0.415. The molecule has 1 aliphatic heterocycles. The number of carboxylic acid groups (broad SMARTS) is 1. The maximum absolute atomic E-state index is 16.4. The summed E-state index contributed by atoms with van der Waals surface area (Å²) in [6, 6.07) is 4.44. The maximum atomic E-state index is 16.4. The Kier molecular flexibility index (Phi) is 8.75. The van der Waals surface area contributed by atoms with Gasteiger partial charge in [0.1, 0.15) is 32.2 Å². The van der Waals surface area contributed by atoms with E-state index >= 15 is 4.39 Å². The van der Waals surface area contributed by atoms with Crippen molar-refractivity contribution < 1.29 is 18.5 Å². The van der Waals surface area contributed by atoms with Crippen molar-refractivity contribution in [1.29, 1.82) is 0 Å². The van der Waals surface area contributed by atoms with Crippen LogP contribution in [0, 0.1) is 11.2 Å². The van der Waals surface area contributed by atoms with Crippen molar-refractivity contribution in [2.75, 3.05) is 16.7 Å². The molecule has 0 radical (unpaired) electrons. The first-order chi connectivity index (χ1) is 16.7. The lowest BCUT2D eigenvalue weighted by Gasteiger charge is -2.41. The molecule has 12 heteroatoms. The summed E-state index contributed by atoms with van der Waals surface area (Å²) in [4.78, 5) is 21.0. The number of aromatic nitrogens is 1. The van der Waals surface area contributed by atoms with Crippen LogP contribution in [0.3, 0.4) is 0 Å². The second-order valence-electron chi connectivity index (χ2n) is 10.9. The van der Waals surface area contributed by atoms with Gasteiger partial charge in [-0.15, -0.1) is 0 Å². The van der Waals surface area contributed by atoms with Crippen molar-refractivity contribution in [3.05, 3.63) is 22.2 Å². The zero-order chi connectivity index (χ0) is 27.2. The van der Waals surface area contributed by atoms with E-state index in [9.17, 15) is 14.1 Å². The monoisotopic (exact) mass is 714 g/mol. The van der Waals surface area contributed by atoms with Crippen LogP contribution >= 0.6 is 38.5 Å². The summed E-state index contributed by atoms with van der Waals surface area (Å²) in [6.07, 6.45) is 0.755. The van der Waals surface area contributed by atoms with Gasteiger partial charge in [0.25, 0.3) is 0 Å². The van der Waals surface area contributed by atoms with Crippen LogP contribution in [-0.4, -0.2) is 55.8 Å². The van der Waals surface area contributed by atoms with Gasteiger partial charge in [-0.1, -0.05) is 61.5 Å². The van der Waals surface area contributed by atoms with E-state index in [2.05, 4.69) is 69.6 Å². The minimum absolute atomic E-state index is 0.0320. The van der Waals surface area contributed by atoms with Gasteiger partial charge in [0.2, 0.25) is 0 Å². The zero-order valence-electron chi connectivity index (χ0n) is 21.9. The van der Waals surface area contributed by atoms with Crippen LogP contribution in [0.4, 0.5) is 9.18 Å². The Labute approximate surface area is 237 Å². The number of alkyl halides is 1. The lowest BCUT2D eigenvalue weighted by molar-refractivity contribution is 0.199. The van der Waals surface area contributed by atoms with Crippen molar-refractivity contribution in [2.24, 2.45) is 14.8 Å². The van der Waals surface area contributed by atoms with Gasteiger partial charge in [-0.25, -0.2) is 22.7 Å². The summed E-state index contributed by atoms with van der Waals surface area (Å²) >= 11 is 5.83. The molecule has 2 heterocycles. The Morgan fingerprint density at radius 2 is 1.86 bits per heavy atom. The number of halogens is 3. The molecule has 3 rings (SSSR count). The highest BCUT2D eigenvalue weighted by Gasteiger charge is 2.52. The molecule has 2 atom stereocenters. The van der Waals surface area contributed by atoms with E-state index in [4.69, 9.17) is 9.36 Å². The van der Waals surface area contributed by atoms with Crippen LogP contribution in [0.15, 0.2) is 20.0 Å². The molecule has 0 saturated heterocycles. The molecule has 1 fully saturated rings. The van der Waals surface area contributed by atoms with Crippen LogP contribution < -0.4 is 10.5 Å². The highest BCUT2D eigenvalue weighted by Crippen LogP contribution is 2.48. The first kappa shape index (κ1) is 29.9. The second kappa shape index (κ2) is 10.5. The Balaban J connectivity index is 2.28. The first-order valence-electron chi connectivity index (χ1n) is 12.4. The topological polar surface area (TPSA) is 104 Å². The molecule has 202 valence electrons. The summed E-state index contributed by atoms with van der Waals surface area (Å²) in [7, 11) is -5.20. The largest absolute Gasteiger partial charge is 0.465 e. The molecule has 7 nitrogen and oxygen atoms in total. The molecule has 1 aromatic rings. The van der Waals surface area contributed by atoms with Crippen LogP contribution in [0.5, 0.6) is 0 Å². The highest BCUT2D eigenvalue weighted by atomic mass is 127. The van der Waals surface area contributed by atoms with E-state index in [0.717, 1.165) is 35.4 Å². The summed E-state index contributed by atoms with van der Waals surface area (Å²) in [5, 5.41) is 12.6. The van der Waals surface area contributed by atoms with Crippen molar-refractivity contribution >= 4 is 73.4 Å². The minimum Gasteiger partial charge on any atom is -0.465 e. The third kappa shape index (κ3) is 5.29. The van der Waals surface area contributed by atoms with E-state index in [1.54, 1.807) is 26.8 Å². The summed E-state index contributed by atoms with van der Waals surface area (Å²) in [6.45, 7) is 11.9. The van der Waals surface area contributed by atoms with Gasteiger partial charge < -0.3 is 5.11 Å². The molecule has 1 saturated carbocycles. The maximum Gasteiger partial charge on any atom is 0.410 e. The number of hydrogen-bond acceptors (Lipinski definition) is 5. The number of amides is 1. The van der Waals surface area contributed by atoms with Gasteiger partial charge in [-0.3, -0.25) is 10.3 Å². The second-order valence-corrected chi connectivity index (χ2v) is 20.5. The standard InChI is InChI=1S/C24H37BrFIN4O3SSi/c1-7-36(8-2,9-3)16-12-17(25)29-19(18(16)26)23(6)15-35(34,28-14-24(13-27)10-11-24)22(4,5)20(31-23)30-21(32)33/h12H,7-11,13-15H2,1-6H3,(H,30,31)(H,32,33)/t23-,35+/m0/s1. The molecule has 0 aromatic carbocycles. The van der Waals surface area contributed by atoms with Crippen LogP contribution in [-0.2, 0) is 15.3 Å². The highest BCUT2D eigenvalue weighted by molar-refractivity contribution is 14.1. The molecular weight excluding hydrogens is 678 g/mol. The third-order valence-corrected chi connectivity index (χ3v) is 19.2. The Morgan fingerprint density at radius 3 is 2.33 bits per heavy atom. The zero-order valence-corrected chi connectivity index (χ0v) is 27.4. The number of pyridine rings is 1. The molecule has 1 aliphatic carbocycles. The molecule has 36 heavy (non-hydrogen) atoms. The summed E-state index contributed by atoms with van der Waals surface area (Å²) in [5.41, 5.74) is -1.21. The lowest BCUT2D eigenvalue weighted by Crippen LogP contribution is -2.58. The third-order valence-electron chi connectivity index (χ3n) is 8.32. The average molecular weight is 716 g/mol. The molecule has 0 unspecified atom stereocenters. The molecule has 1 aromatic heterocycles. The van der Waals surface area contributed by atoms with Crippen molar-refractivity contribution in [3.63, 3.8) is 0 Å². The van der Waals surface area contributed by atoms with Crippen LogP contribution in [0.25, 0.3) is 0 Å². The van der Waals surface area contributed by atoms with E-state index in [0.29, 0.717) is 16.3 Å². The Hall–Kier alpha value is -0.603. The lowest BCUT2D eigenvalue weighted by atomic mass is 9.98. The van der Waals surface area contributed by atoms with Gasteiger partial charge in [0.15, 0.2) is 0 Å². The molecule has 0 bridgehead atoms. The van der Waals surface area contributed by atoms with Crippen molar-refractivity contribution in [2.45, 2.75) is 82.8 Å². The van der Waals surface area contributed by atoms with E-state index in [1.165, 1.54) is 0 Å². The van der Waals surface area contributed by atoms with Crippen LogP contribution in [0.2, 0.25) is 18.1 Å². The van der Waals surface area contributed by atoms with E-state index < -0.39 is 40.0 Å². The number of aliphatic imine (C=N–C) groups is 1. The normalized spacial score (nSPS) is 26.8. The van der Waals surface area contributed by atoms with E-state index in [1.807, 2.05) is 0 Å². The molecular formula is C24H37BrFIN4O3SSi. The minimum atomic E-state index is -3.06. The number of nitrogens with one attached hydrogen (secondary N) is 1. The first-order valence-corrected chi connectivity index (χ1v) is 19.0. The number of hydrogen-bond donors (Lipinski definition) is 2. The SMILES string of the molecule is CC[Si](CC)(CC)c1cc(Br)nc([C@]2(C)C[S@](=O)(=NCC3(CI)CC3)C(C)(C)C(NC(=O)O)=N2)c1F. The van der Waals surface area contributed by atoms with Crippen LogP contribution in [0.1, 0.15) is 60.1 Å². The van der Waals surface area contributed by atoms with Gasteiger partial charge in [0, 0.05) is 4.43 Å². The summed E-state index contributed by atoms with van der Waals surface area (Å²) < 4.78 is 36.1. The average Bonchev–Trinajstić information content (AvgIpc) is 3.60. The number of rotatable bonds is 8. The fraction of sp³-hybridized carbons (Fsp3) is 0.708. The quantitative estimate of drug-likeness (QED) is 0.148. The van der Waals surface area contributed by atoms with Gasteiger partial charge in [0.05, 0.1) is 30.1 Å². The Bertz CT molecular complexity index is 1190. The Morgan fingerprint density at radius 1 is 1.28 bits per heavy atom. The number of carbonyl (C=O) groups is 1. The number of nitrogens with zero attached hydrogens (tertiary/aromatic N) is 3.